The molecule has 114 valence electrons. The van der Waals surface area contributed by atoms with E-state index in [9.17, 15) is 0 Å². The highest BCUT2D eigenvalue weighted by atomic mass is 35.5. The number of anilines is 2. The van der Waals surface area contributed by atoms with E-state index in [-0.39, 0.29) is 5.28 Å². The fraction of sp³-hybridized carbons (Fsp3) is 0.786. The summed E-state index contributed by atoms with van der Waals surface area (Å²) in [6.07, 6.45) is 0. The largest absolute Gasteiger partial charge is 0.338 e. The second-order valence-electron chi connectivity index (χ2n) is 5.68. The van der Waals surface area contributed by atoms with E-state index in [1.54, 1.807) is 0 Å². The molecular formula is C14H26ClN5. The Hall–Kier alpha value is -1.10. The van der Waals surface area contributed by atoms with Crippen molar-refractivity contribution < 1.29 is 0 Å². The molecule has 1 heterocycles. The van der Waals surface area contributed by atoms with Crippen LogP contribution in [0.5, 0.6) is 0 Å². The SMILES string of the molecule is CCN(c1nc(Cl)nc(N(C(C)C)C(C)C)n1)C(C)C. The molecule has 1 rings (SSSR count). The van der Waals surface area contributed by atoms with E-state index in [0.29, 0.717) is 30.0 Å². The summed E-state index contributed by atoms with van der Waals surface area (Å²) in [6.45, 7) is 15.6. The fourth-order valence-corrected chi connectivity index (χ4v) is 2.52. The van der Waals surface area contributed by atoms with Crippen LogP contribution in [0.15, 0.2) is 0 Å². The summed E-state index contributed by atoms with van der Waals surface area (Å²) in [5, 5.41) is 0.246. The second kappa shape index (κ2) is 7.07. The van der Waals surface area contributed by atoms with Crippen LogP contribution in [0.2, 0.25) is 5.28 Å². The highest BCUT2D eigenvalue weighted by molar-refractivity contribution is 6.28. The Morgan fingerprint density at radius 3 is 1.75 bits per heavy atom. The third-order valence-electron chi connectivity index (χ3n) is 3.15. The molecule has 0 unspecified atom stereocenters. The molecule has 0 aliphatic carbocycles. The smallest absolute Gasteiger partial charge is 0.231 e. The Bertz CT molecular complexity index is 426. The lowest BCUT2D eigenvalue weighted by Crippen LogP contribution is -2.39. The van der Waals surface area contributed by atoms with Gasteiger partial charge < -0.3 is 9.80 Å². The molecule has 1 aromatic rings. The molecule has 0 aliphatic rings. The monoisotopic (exact) mass is 299 g/mol. The van der Waals surface area contributed by atoms with Gasteiger partial charge in [0.1, 0.15) is 0 Å². The highest BCUT2D eigenvalue weighted by Gasteiger charge is 2.21. The molecular weight excluding hydrogens is 274 g/mol. The van der Waals surface area contributed by atoms with E-state index in [4.69, 9.17) is 11.6 Å². The van der Waals surface area contributed by atoms with Crippen molar-refractivity contribution in [2.75, 3.05) is 16.3 Å². The summed E-state index contributed by atoms with van der Waals surface area (Å²) in [7, 11) is 0. The average Bonchev–Trinajstić information content (AvgIpc) is 2.27. The zero-order valence-electron chi connectivity index (χ0n) is 13.6. The van der Waals surface area contributed by atoms with Crippen LogP contribution in [0.25, 0.3) is 0 Å². The van der Waals surface area contributed by atoms with Crippen molar-refractivity contribution in [1.29, 1.82) is 0 Å². The van der Waals surface area contributed by atoms with Gasteiger partial charge in [0.15, 0.2) is 0 Å². The number of hydrogen-bond acceptors (Lipinski definition) is 5. The Morgan fingerprint density at radius 1 is 0.850 bits per heavy atom. The molecule has 6 heteroatoms. The molecule has 0 aromatic carbocycles. The van der Waals surface area contributed by atoms with Gasteiger partial charge >= 0.3 is 0 Å². The maximum absolute atomic E-state index is 6.09. The molecule has 0 saturated carbocycles. The quantitative estimate of drug-likeness (QED) is 0.806. The second-order valence-corrected chi connectivity index (χ2v) is 6.02. The van der Waals surface area contributed by atoms with Crippen molar-refractivity contribution in [2.45, 2.75) is 66.6 Å². The van der Waals surface area contributed by atoms with Crippen LogP contribution in [0.4, 0.5) is 11.9 Å². The van der Waals surface area contributed by atoms with Gasteiger partial charge in [-0.05, 0) is 60.1 Å². The van der Waals surface area contributed by atoms with Gasteiger partial charge in [-0.3, -0.25) is 0 Å². The van der Waals surface area contributed by atoms with Crippen molar-refractivity contribution in [1.82, 2.24) is 15.0 Å². The van der Waals surface area contributed by atoms with E-state index in [1.807, 2.05) is 0 Å². The van der Waals surface area contributed by atoms with Crippen molar-refractivity contribution >= 4 is 23.5 Å². The molecule has 1 aromatic heterocycles. The summed E-state index contributed by atoms with van der Waals surface area (Å²) in [5.41, 5.74) is 0. The van der Waals surface area contributed by atoms with Gasteiger partial charge in [0.05, 0.1) is 0 Å². The summed E-state index contributed by atoms with van der Waals surface area (Å²) in [6, 6.07) is 0.920. The Labute approximate surface area is 127 Å². The Balaban J connectivity index is 3.26. The van der Waals surface area contributed by atoms with Crippen molar-refractivity contribution in [3.05, 3.63) is 5.28 Å². The van der Waals surface area contributed by atoms with Gasteiger partial charge in [0, 0.05) is 24.7 Å². The molecule has 0 aliphatic heterocycles. The summed E-state index contributed by atoms with van der Waals surface area (Å²) in [4.78, 5) is 17.4. The maximum Gasteiger partial charge on any atom is 0.231 e. The first-order valence-corrected chi connectivity index (χ1v) is 7.62. The van der Waals surface area contributed by atoms with Gasteiger partial charge in [-0.25, -0.2) is 0 Å². The van der Waals surface area contributed by atoms with Crippen molar-refractivity contribution in [3.8, 4) is 0 Å². The molecule has 0 bridgehead atoms. The standard InChI is InChI=1S/C14H26ClN5/c1-8-19(9(2)3)13-16-12(15)17-14(18-13)20(10(4)5)11(6)7/h9-11H,8H2,1-7H3. The van der Waals surface area contributed by atoms with Crippen molar-refractivity contribution in [3.63, 3.8) is 0 Å². The van der Waals surface area contributed by atoms with Crippen LogP contribution in [0, 0.1) is 0 Å². The normalized spacial score (nSPS) is 11.6. The minimum absolute atomic E-state index is 0.246. The van der Waals surface area contributed by atoms with Gasteiger partial charge in [-0.2, -0.15) is 15.0 Å². The summed E-state index contributed by atoms with van der Waals surface area (Å²) >= 11 is 6.09. The minimum Gasteiger partial charge on any atom is -0.338 e. The topological polar surface area (TPSA) is 45.2 Å². The number of nitrogens with zero attached hydrogens (tertiary/aromatic N) is 5. The van der Waals surface area contributed by atoms with Gasteiger partial charge in [0.25, 0.3) is 0 Å². The zero-order valence-corrected chi connectivity index (χ0v) is 14.3. The molecule has 20 heavy (non-hydrogen) atoms. The molecule has 0 radical (unpaired) electrons. The minimum atomic E-state index is 0.246. The summed E-state index contributed by atoms with van der Waals surface area (Å²) in [5.74, 6) is 1.29. The first-order valence-electron chi connectivity index (χ1n) is 7.24. The lowest BCUT2D eigenvalue weighted by molar-refractivity contribution is 0.586. The van der Waals surface area contributed by atoms with Crippen LogP contribution >= 0.6 is 11.6 Å². The fourth-order valence-electron chi connectivity index (χ4n) is 2.37. The predicted octanol–water partition coefficient (Wildman–Crippen LogP) is 3.38. The molecule has 0 N–H and O–H groups in total. The first-order chi connectivity index (χ1) is 9.27. The average molecular weight is 300 g/mol. The molecule has 5 nitrogen and oxygen atoms in total. The van der Waals surface area contributed by atoms with Gasteiger partial charge in [0.2, 0.25) is 17.2 Å². The van der Waals surface area contributed by atoms with Crippen LogP contribution in [-0.4, -0.2) is 39.6 Å². The molecule has 0 spiro atoms. The van der Waals surface area contributed by atoms with Crippen LogP contribution in [0.3, 0.4) is 0 Å². The van der Waals surface area contributed by atoms with Crippen molar-refractivity contribution in [2.24, 2.45) is 0 Å². The Kier molecular flexibility index (Phi) is 5.99. The number of hydrogen-bond donors (Lipinski definition) is 0. The van der Waals surface area contributed by atoms with E-state index in [1.165, 1.54) is 0 Å². The van der Waals surface area contributed by atoms with E-state index in [2.05, 4.69) is 73.2 Å². The molecule has 0 amide bonds. The first kappa shape index (κ1) is 17.0. The number of rotatable bonds is 6. The highest BCUT2D eigenvalue weighted by Crippen LogP contribution is 2.21. The number of aromatic nitrogens is 3. The lowest BCUT2D eigenvalue weighted by atomic mass is 10.2. The van der Waals surface area contributed by atoms with E-state index in [0.717, 1.165) is 6.54 Å². The van der Waals surface area contributed by atoms with Crippen LogP contribution in [0.1, 0.15) is 48.5 Å². The van der Waals surface area contributed by atoms with Gasteiger partial charge in [-0.1, -0.05) is 0 Å². The molecule has 0 saturated heterocycles. The maximum atomic E-state index is 6.09. The molecule has 0 atom stereocenters. The van der Waals surface area contributed by atoms with E-state index < -0.39 is 0 Å². The van der Waals surface area contributed by atoms with Crippen LogP contribution < -0.4 is 9.80 Å². The third kappa shape index (κ3) is 3.95. The molecule has 0 fully saturated rings. The van der Waals surface area contributed by atoms with Gasteiger partial charge in [-0.15, -0.1) is 0 Å². The Morgan fingerprint density at radius 2 is 1.35 bits per heavy atom. The third-order valence-corrected chi connectivity index (χ3v) is 3.32. The summed E-state index contributed by atoms with van der Waals surface area (Å²) < 4.78 is 0. The number of halogens is 1. The predicted molar refractivity (Wildman–Crippen MR) is 85.7 cm³/mol. The van der Waals surface area contributed by atoms with Crippen LogP contribution in [-0.2, 0) is 0 Å². The zero-order chi connectivity index (χ0) is 15.4. The lowest BCUT2D eigenvalue weighted by Gasteiger charge is -2.32. The van der Waals surface area contributed by atoms with E-state index >= 15 is 0 Å².